The number of Topliss-reactive ketones (excluding diaryl/α,β-unsaturated/α-hetero) is 1. The Hall–Kier alpha value is -1.30. The quantitative estimate of drug-likeness (QED) is 0.564. The van der Waals surface area contributed by atoms with Crippen molar-refractivity contribution in [2.75, 3.05) is 0 Å². The molecule has 162 valence electrons. The minimum atomic E-state index is -0.241. The molecule has 6 nitrogen and oxygen atoms in total. The van der Waals surface area contributed by atoms with Crippen LogP contribution in [0.1, 0.15) is 78.6 Å². The molecule has 0 radical (unpaired) electrons. The monoisotopic (exact) mass is 404 g/mol. The standard InChI is InChI=1S/C23H36N2O4/c1-13(24)10-21(27)29-14-6-8-22(2)17-7-9-23(3)16(4-5-20(23)26)15(17)12-19(25-28)18(22)11-14/h13-19H,4-12,24H2,1-3H3/t13-,14+,15+,16+,17+,18-,19?,22-,23+/m1/s1. The predicted molar refractivity (Wildman–Crippen MR) is 110 cm³/mol. The van der Waals surface area contributed by atoms with Crippen LogP contribution in [0.5, 0.6) is 0 Å². The molecule has 4 aliphatic carbocycles. The second-order valence-corrected chi connectivity index (χ2v) is 10.9. The van der Waals surface area contributed by atoms with Gasteiger partial charge in [-0.05, 0) is 81.0 Å². The highest BCUT2D eigenvalue weighted by Crippen LogP contribution is 2.66. The molecule has 0 aromatic rings. The molecule has 0 amide bonds. The number of fused-ring (bicyclic) bond motifs is 5. The van der Waals surface area contributed by atoms with Crippen LogP contribution in [-0.2, 0) is 14.3 Å². The molecule has 0 aromatic heterocycles. The maximum atomic E-state index is 12.6. The predicted octanol–water partition coefficient (Wildman–Crippen LogP) is 3.99. The van der Waals surface area contributed by atoms with E-state index in [0.29, 0.717) is 30.0 Å². The fourth-order valence-corrected chi connectivity index (χ4v) is 7.75. The second kappa shape index (κ2) is 7.44. The third-order valence-electron chi connectivity index (χ3n) is 9.26. The highest BCUT2D eigenvalue weighted by Gasteiger charge is 2.62. The topological polar surface area (TPSA) is 98.8 Å². The van der Waals surface area contributed by atoms with Crippen LogP contribution in [0.3, 0.4) is 0 Å². The zero-order chi connectivity index (χ0) is 21.0. The summed E-state index contributed by atoms with van der Waals surface area (Å²) in [4.78, 5) is 36.6. The van der Waals surface area contributed by atoms with E-state index in [2.05, 4.69) is 19.0 Å². The molecule has 0 aromatic carbocycles. The SMILES string of the molecule is C[C@@H](N)CC(=O)O[C@H]1CC[C@@]2(C)[C@H](C1)C(N=O)C[C@@H]1[C@@H]2CC[C@]2(C)C(=O)CC[C@@H]12. The van der Waals surface area contributed by atoms with Crippen molar-refractivity contribution in [1.82, 2.24) is 0 Å². The summed E-state index contributed by atoms with van der Waals surface area (Å²) in [5, 5.41) is 3.59. The van der Waals surface area contributed by atoms with E-state index in [1.165, 1.54) is 0 Å². The first-order valence-electron chi connectivity index (χ1n) is 11.5. The molecule has 6 heteroatoms. The minimum absolute atomic E-state index is 0.0402. The van der Waals surface area contributed by atoms with Crippen LogP contribution < -0.4 is 5.73 Å². The number of nitrogens with two attached hydrogens (primary N) is 1. The van der Waals surface area contributed by atoms with Crippen LogP contribution in [0, 0.1) is 39.4 Å². The number of hydrogen-bond acceptors (Lipinski definition) is 6. The van der Waals surface area contributed by atoms with Gasteiger partial charge in [-0.1, -0.05) is 19.0 Å². The van der Waals surface area contributed by atoms with Gasteiger partial charge in [-0.15, -0.1) is 0 Å². The molecule has 4 saturated carbocycles. The Balaban J connectivity index is 1.54. The van der Waals surface area contributed by atoms with Crippen molar-refractivity contribution in [2.24, 2.45) is 45.4 Å². The molecular weight excluding hydrogens is 368 g/mol. The summed E-state index contributed by atoms with van der Waals surface area (Å²) in [7, 11) is 0. The lowest BCUT2D eigenvalue weighted by molar-refractivity contribution is -0.164. The Bertz CT molecular complexity index is 694. The summed E-state index contributed by atoms with van der Waals surface area (Å²) >= 11 is 0. The van der Waals surface area contributed by atoms with E-state index in [1.807, 2.05) is 0 Å². The third-order valence-corrected chi connectivity index (χ3v) is 9.26. The van der Waals surface area contributed by atoms with Gasteiger partial charge in [0.1, 0.15) is 11.9 Å². The van der Waals surface area contributed by atoms with Crippen molar-refractivity contribution in [3.63, 3.8) is 0 Å². The van der Waals surface area contributed by atoms with E-state index in [1.54, 1.807) is 6.92 Å². The Morgan fingerprint density at radius 2 is 1.93 bits per heavy atom. The molecule has 4 aliphatic rings. The largest absolute Gasteiger partial charge is 0.462 e. The van der Waals surface area contributed by atoms with Crippen molar-refractivity contribution >= 4 is 11.8 Å². The van der Waals surface area contributed by atoms with Gasteiger partial charge in [0.05, 0.1) is 12.5 Å². The summed E-state index contributed by atoms with van der Waals surface area (Å²) in [6.07, 6.45) is 7.12. The van der Waals surface area contributed by atoms with Crippen LogP contribution in [0.2, 0.25) is 0 Å². The van der Waals surface area contributed by atoms with E-state index in [4.69, 9.17) is 10.5 Å². The first-order valence-corrected chi connectivity index (χ1v) is 11.5. The molecule has 0 saturated heterocycles. The summed E-state index contributed by atoms with van der Waals surface area (Å²) in [6.45, 7) is 6.30. The lowest BCUT2D eigenvalue weighted by Gasteiger charge is -2.61. The molecule has 2 N–H and O–H groups in total. The van der Waals surface area contributed by atoms with Gasteiger partial charge >= 0.3 is 5.97 Å². The lowest BCUT2D eigenvalue weighted by Crippen LogP contribution is -2.58. The van der Waals surface area contributed by atoms with Gasteiger partial charge in [0.25, 0.3) is 0 Å². The fraction of sp³-hybridized carbons (Fsp3) is 0.913. The van der Waals surface area contributed by atoms with Gasteiger partial charge in [0.2, 0.25) is 0 Å². The molecule has 1 unspecified atom stereocenters. The molecule has 4 rings (SSSR count). The van der Waals surface area contributed by atoms with Gasteiger partial charge in [-0.25, -0.2) is 0 Å². The van der Waals surface area contributed by atoms with Crippen molar-refractivity contribution in [2.45, 2.75) is 96.7 Å². The molecule has 0 aliphatic heterocycles. The average molecular weight is 405 g/mol. The van der Waals surface area contributed by atoms with Gasteiger partial charge in [-0.2, -0.15) is 4.91 Å². The van der Waals surface area contributed by atoms with Gasteiger partial charge < -0.3 is 10.5 Å². The summed E-state index contributed by atoms with van der Waals surface area (Å²) in [5.74, 6) is 1.70. The smallest absolute Gasteiger partial charge is 0.307 e. The summed E-state index contributed by atoms with van der Waals surface area (Å²) in [6, 6.07) is -0.448. The van der Waals surface area contributed by atoms with Gasteiger partial charge in [-0.3, -0.25) is 9.59 Å². The summed E-state index contributed by atoms with van der Waals surface area (Å²) < 4.78 is 5.72. The molecule has 9 atom stereocenters. The van der Waals surface area contributed by atoms with E-state index < -0.39 is 0 Å². The molecule has 0 heterocycles. The van der Waals surface area contributed by atoms with Crippen LogP contribution in [0.4, 0.5) is 0 Å². The number of esters is 1. The molecule has 0 spiro atoms. The van der Waals surface area contributed by atoms with Crippen molar-refractivity contribution in [1.29, 1.82) is 0 Å². The average Bonchev–Trinajstić information content (AvgIpc) is 2.96. The van der Waals surface area contributed by atoms with Gasteiger partial charge in [0, 0.05) is 17.9 Å². The summed E-state index contributed by atoms with van der Waals surface area (Å²) in [5.41, 5.74) is 5.57. The van der Waals surface area contributed by atoms with E-state index in [0.717, 1.165) is 44.9 Å². The highest BCUT2D eigenvalue weighted by molar-refractivity contribution is 5.87. The molecule has 0 bridgehead atoms. The van der Waals surface area contributed by atoms with E-state index in [9.17, 15) is 14.5 Å². The number of rotatable bonds is 4. The minimum Gasteiger partial charge on any atom is -0.462 e. The maximum Gasteiger partial charge on any atom is 0.307 e. The van der Waals surface area contributed by atoms with Gasteiger partial charge in [0.15, 0.2) is 0 Å². The van der Waals surface area contributed by atoms with E-state index >= 15 is 0 Å². The lowest BCUT2D eigenvalue weighted by atomic mass is 9.44. The third kappa shape index (κ3) is 3.35. The Morgan fingerprint density at radius 1 is 1.17 bits per heavy atom. The number of ether oxygens (including phenoxy) is 1. The number of nitroso groups, excluding NO2 is 1. The van der Waals surface area contributed by atoms with Crippen LogP contribution >= 0.6 is 0 Å². The number of nitrogens with zero attached hydrogens (tertiary/aromatic N) is 1. The molecule has 4 fully saturated rings. The Labute approximate surface area is 173 Å². The number of ketones is 1. The highest BCUT2D eigenvalue weighted by atomic mass is 16.5. The fourth-order valence-electron chi connectivity index (χ4n) is 7.75. The zero-order valence-corrected chi connectivity index (χ0v) is 18.1. The number of hydrogen-bond donors (Lipinski definition) is 1. The van der Waals surface area contributed by atoms with Crippen LogP contribution in [-0.4, -0.2) is 29.9 Å². The first-order chi connectivity index (χ1) is 13.7. The number of carbonyl (C=O) groups is 2. The van der Waals surface area contributed by atoms with Crippen LogP contribution in [0.15, 0.2) is 5.18 Å². The normalized spacial score (nSPS) is 47.5. The molecule has 29 heavy (non-hydrogen) atoms. The first kappa shape index (κ1) is 21.0. The zero-order valence-electron chi connectivity index (χ0n) is 18.1. The van der Waals surface area contributed by atoms with Crippen LogP contribution in [0.25, 0.3) is 0 Å². The second-order valence-electron chi connectivity index (χ2n) is 10.9. The Kier molecular flexibility index (Phi) is 5.37. The maximum absolute atomic E-state index is 12.6. The van der Waals surface area contributed by atoms with Crippen molar-refractivity contribution in [3.8, 4) is 0 Å². The molecular formula is C23H36N2O4. The van der Waals surface area contributed by atoms with E-state index in [-0.39, 0.29) is 47.3 Å². The van der Waals surface area contributed by atoms with Crippen molar-refractivity contribution in [3.05, 3.63) is 4.91 Å². The van der Waals surface area contributed by atoms with Crippen molar-refractivity contribution < 1.29 is 14.3 Å². The number of carbonyl (C=O) groups excluding carboxylic acids is 2. The Morgan fingerprint density at radius 3 is 2.62 bits per heavy atom.